The Labute approximate surface area is 318 Å². The average molecular weight is 824 g/mol. The van der Waals surface area contributed by atoms with Crippen LogP contribution in [0.15, 0.2) is 42.5 Å². The third-order valence-electron chi connectivity index (χ3n) is 9.19. The van der Waals surface area contributed by atoms with Gasteiger partial charge >= 0.3 is 6.18 Å². The maximum atomic E-state index is 15.3. The zero-order chi connectivity index (χ0) is 40.7. The molecule has 2 aromatic carbocycles. The molecule has 11 nitrogen and oxygen atoms in total. The van der Waals surface area contributed by atoms with Crippen LogP contribution >= 0.6 is 11.6 Å². The molecular formula is C36H29ClF7N7O4S. The first kappa shape index (κ1) is 39.1. The van der Waals surface area contributed by atoms with Crippen LogP contribution in [-0.4, -0.2) is 56.3 Å². The zero-order valence-electron chi connectivity index (χ0n) is 29.3. The molecule has 3 heterocycles. The smallest absolute Gasteiger partial charge is 0.378 e. The van der Waals surface area contributed by atoms with Gasteiger partial charge < -0.3 is 10.4 Å². The number of halogens is 8. The number of benzene rings is 2. The maximum absolute atomic E-state index is 15.3. The molecule has 0 spiro atoms. The first-order valence-electron chi connectivity index (χ1n) is 16.7. The molecule has 294 valence electrons. The second-order valence-electron chi connectivity index (χ2n) is 14.2. The van der Waals surface area contributed by atoms with Gasteiger partial charge in [-0.05, 0) is 74.4 Å². The number of anilines is 1. The molecule has 5 aromatic rings. The number of pyridine rings is 1. The van der Waals surface area contributed by atoms with Gasteiger partial charge in [0.2, 0.25) is 15.9 Å². The number of amides is 1. The van der Waals surface area contributed by atoms with Gasteiger partial charge in [-0.25, -0.2) is 22.2 Å². The lowest BCUT2D eigenvalue weighted by molar-refractivity contribution is -0.142. The predicted octanol–water partition coefficient (Wildman–Crippen LogP) is 6.57. The first-order chi connectivity index (χ1) is 26.0. The maximum Gasteiger partial charge on any atom is 0.435 e. The number of aromatic amines is 1. The van der Waals surface area contributed by atoms with Gasteiger partial charge in [-0.15, -0.1) is 0 Å². The number of carbonyl (C=O) groups excluding carboxylic acids is 1. The number of hydrogen-bond donors (Lipinski definition) is 4. The van der Waals surface area contributed by atoms with Crippen molar-refractivity contribution in [2.45, 2.75) is 62.9 Å². The largest absolute Gasteiger partial charge is 0.435 e. The summed E-state index contributed by atoms with van der Waals surface area (Å²) < 4.78 is 128. The van der Waals surface area contributed by atoms with Gasteiger partial charge in [0.15, 0.2) is 11.5 Å². The summed E-state index contributed by atoms with van der Waals surface area (Å²) >= 11 is 6.48. The van der Waals surface area contributed by atoms with E-state index in [1.54, 1.807) is 0 Å². The topological polar surface area (TPSA) is 155 Å². The van der Waals surface area contributed by atoms with Crippen LogP contribution in [0.2, 0.25) is 5.02 Å². The van der Waals surface area contributed by atoms with E-state index in [2.05, 4.69) is 42.2 Å². The number of nitrogens with one attached hydrogen (secondary N) is 3. The Bertz CT molecular complexity index is 2590. The SMILES string of the molecule is CC(C)(O)C#Cc1ccc(-c2ccc(Cl)c3c(NS(C)(=O)=O)n[nH]c23)c([C@H](Cc2cc(F)cc(F)c2)NC(=O)Cn2nc(C(F)(F)F)c3c2C(F)(F)[C@@H]2CC32)n1. The quantitative estimate of drug-likeness (QED) is 0.0969. The number of fused-ring (bicyclic) bond motifs is 4. The molecule has 3 aromatic heterocycles. The monoisotopic (exact) mass is 823 g/mol. The molecule has 0 saturated heterocycles. The van der Waals surface area contributed by atoms with Crippen molar-refractivity contribution in [2.24, 2.45) is 5.92 Å². The van der Waals surface area contributed by atoms with E-state index >= 15 is 8.78 Å². The Morgan fingerprint density at radius 1 is 1.12 bits per heavy atom. The lowest BCUT2D eigenvalue weighted by Gasteiger charge is -2.23. The molecule has 56 heavy (non-hydrogen) atoms. The standard InChI is InChI=1S/C36H29ClF7N7O4S/c1-34(2,53)9-8-19-4-5-20(21-6-7-24(37)28-30(21)47-48-33(28)50-56(3,54)55)29(45-19)25(12-16-10-17(38)13-18(39)11-16)46-26(52)15-51-32-27(31(49-51)36(42,43)44)22-14-23(22)35(32,40)41/h4-7,10-11,13,22-23,25,53H,12,14-15H2,1-3H3,(H,46,52)(H2,47,48,50)/t22?,23-,25+/m1/s1. The second kappa shape index (κ2) is 13.5. The van der Waals surface area contributed by atoms with Gasteiger partial charge in [-0.3, -0.25) is 19.3 Å². The lowest BCUT2D eigenvalue weighted by Crippen LogP contribution is -2.35. The lowest BCUT2D eigenvalue weighted by atomic mass is 9.93. The predicted molar refractivity (Wildman–Crippen MR) is 189 cm³/mol. The summed E-state index contributed by atoms with van der Waals surface area (Å²) in [6, 6.07) is 7.04. The summed E-state index contributed by atoms with van der Waals surface area (Å²) in [6.07, 6.45) is -4.75. The van der Waals surface area contributed by atoms with E-state index in [9.17, 15) is 40.3 Å². The summed E-state index contributed by atoms with van der Waals surface area (Å²) in [5.74, 6) is -4.01. The first-order valence-corrected chi connectivity index (χ1v) is 19.0. The molecule has 7 rings (SSSR count). The number of carbonyl (C=O) groups is 1. The van der Waals surface area contributed by atoms with Crippen molar-refractivity contribution in [3.63, 3.8) is 0 Å². The molecule has 4 N–H and O–H groups in total. The Balaban J connectivity index is 1.37. The van der Waals surface area contributed by atoms with Gasteiger partial charge in [0.25, 0.3) is 5.92 Å². The van der Waals surface area contributed by atoms with Crippen molar-refractivity contribution in [2.75, 3.05) is 11.0 Å². The minimum Gasteiger partial charge on any atom is -0.378 e. The summed E-state index contributed by atoms with van der Waals surface area (Å²) in [7, 11) is -3.84. The van der Waals surface area contributed by atoms with Gasteiger partial charge in [-0.2, -0.15) is 32.1 Å². The van der Waals surface area contributed by atoms with Crippen molar-refractivity contribution in [1.82, 2.24) is 30.3 Å². The Hall–Kier alpha value is -5.19. The highest BCUT2D eigenvalue weighted by molar-refractivity contribution is 7.92. The van der Waals surface area contributed by atoms with Gasteiger partial charge in [0.1, 0.15) is 35.2 Å². The van der Waals surface area contributed by atoms with Crippen LogP contribution in [0, 0.1) is 29.4 Å². The summed E-state index contributed by atoms with van der Waals surface area (Å²) in [4.78, 5) is 18.5. The highest BCUT2D eigenvalue weighted by Crippen LogP contribution is 2.68. The van der Waals surface area contributed by atoms with Crippen molar-refractivity contribution in [3.05, 3.63) is 93.0 Å². The molecule has 1 amide bonds. The molecule has 0 aliphatic heterocycles. The second-order valence-corrected chi connectivity index (χ2v) is 16.3. The fourth-order valence-corrected chi connectivity index (χ4v) is 7.72. The molecule has 0 bridgehead atoms. The molecule has 0 radical (unpaired) electrons. The summed E-state index contributed by atoms with van der Waals surface area (Å²) in [6.45, 7) is 1.72. The van der Waals surface area contributed by atoms with Crippen LogP contribution in [0.4, 0.5) is 36.6 Å². The van der Waals surface area contributed by atoms with Crippen molar-refractivity contribution in [1.29, 1.82) is 0 Å². The summed E-state index contributed by atoms with van der Waals surface area (Å²) in [5.41, 5.74) is -4.03. The Morgan fingerprint density at radius 2 is 1.80 bits per heavy atom. The van der Waals surface area contributed by atoms with Crippen molar-refractivity contribution < 1.29 is 49.1 Å². The van der Waals surface area contributed by atoms with Crippen molar-refractivity contribution in [3.8, 4) is 23.0 Å². The van der Waals surface area contributed by atoms with Crippen molar-refractivity contribution >= 4 is 44.3 Å². The number of rotatable bonds is 9. The molecule has 20 heteroatoms. The third-order valence-corrected chi connectivity index (χ3v) is 10.1. The zero-order valence-corrected chi connectivity index (χ0v) is 30.9. The van der Waals surface area contributed by atoms with E-state index in [1.165, 1.54) is 38.1 Å². The summed E-state index contributed by atoms with van der Waals surface area (Å²) in [5, 5.41) is 23.3. The molecule has 2 aliphatic rings. The van der Waals surface area contributed by atoms with Gasteiger partial charge in [-0.1, -0.05) is 23.6 Å². The fourth-order valence-electron chi connectivity index (χ4n) is 6.97. The number of hydrogen-bond acceptors (Lipinski definition) is 7. The van der Waals surface area contributed by atoms with Crippen LogP contribution in [-0.2, 0) is 39.9 Å². The van der Waals surface area contributed by atoms with Gasteiger partial charge in [0, 0.05) is 28.7 Å². The van der Waals surface area contributed by atoms with Crippen LogP contribution < -0.4 is 10.0 Å². The van der Waals surface area contributed by atoms with Crippen LogP contribution in [0.3, 0.4) is 0 Å². The van der Waals surface area contributed by atoms with Crippen LogP contribution in [0.25, 0.3) is 22.0 Å². The molecule has 1 fully saturated rings. The highest BCUT2D eigenvalue weighted by Gasteiger charge is 2.68. The van der Waals surface area contributed by atoms with E-state index in [4.69, 9.17) is 11.6 Å². The molecule has 3 atom stereocenters. The normalized spacial score (nSPS) is 17.9. The number of alkyl halides is 5. The third kappa shape index (κ3) is 7.64. The molecular weight excluding hydrogens is 795 g/mol. The van der Waals surface area contributed by atoms with E-state index < -0.39 is 93.1 Å². The van der Waals surface area contributed by atoms with E-state index in [1.807, 2.05) is 0 Å². The molecule has 1 unspecified atom stereocenters. The highest BCUT2D eigenvalue weighted by atomic mass is 35.5. The van der Waals surface area contributed by atoms with E-state index in [0.29, 0.717) is 10.7 Å². The molecule has 1 saturated carbocycles. The number of aromatic nitrogens is 5. The number of sulfonamides is 1. The Kier molecular flexibility index (Phi) is 9.41. The van der Waals surface area contributed by atoms with Gasteiger partial charge in [0.05, 0.1) is 33.9 Å². The van der Waals surface area contributed by atoms with Crippen LogP contribution in [0.1, 0.15) is 66.1 Å². The minimum absolute atomic E-state index is 0.0121. The number of aliphatic hydroxyl groups is 1. The van der Waals surface area contributed by atoms with Crippen LogP contribution in [0.5, 0.6) is 0 Å². The Morgan fingerprint density at radius 3 is 2.45 bits per heavy atom. The fraction of sp³-hybridized carbons (Fsp3) is 0.333. The number of nitrogens with zero attached hydrogens (tertiary/aromatic N) is 4. The number of H-pyrrole nitrogens is 1. The average Bonchev–Trinajstić information content (AvgIpc) is 3.53. The van der Waals surface area contributed by atoms with E-state index in [-0.39, 0.29) is 56.2 Å². The van der Waals surface area contributed by atoms with E-state index in [0.717, 1.165) is 18.4 Å². The molecule has 2 aliphatic carbocycles. The minimum atomic E-state index is -5.08.